The predicted octanol–water partition coefficient (Wildman–Crippen LogP) is 3.51. The molecule has 1 N–H and O–H groups in total. The van der Waals surface area contributed by atoms with Crippen LogP contribution in [0.15, 0.2) is 54.6 Å². The Labute approximate surface area is 114 Å². The minimum Gasteiger partial charge on any atom is -0.497 e. The quantitative estimate of drug-likeness (QED) is 0.903. The number of hydrogen-bond acceptors (Lipinski definition) is 2. The summed E-state index contributed by atoms with van der Waals surface area (Å²) in [6.07, 6.45) is 1.19. The Bertz CT molecular complexity index is 538. The molecular formula is C17H19NO. The Morgan fingerprint density at radius 3 is 2.58 bits per heavy atom. The molecule has 0 aromatic heterocycles. The highest BCUT2D eigenvalue weighted by Gasteiger charge is 2.29. The second-order valence-corrected chi connectivity index (χ2v) is 5.01. The first kappa shape index (κ1) is 12.2. The third kappa shape index (κ3) is 2.49. The van der Waals surface area contributed by atoms with Gasteiger partial charge in [-0.25, -0.2) is 0 Å². The molecule has 2 heteroatoms. The van der Waals surface area contributed by atoms with E-state index in [0.29, 0.717) is 12.0 Å². The molecule has 0 saturated carbocycles. The van der Waals surface area contributed by atoms with Crippen molar-refractivity contribution in [2.45, 2.75) is 18.4 Å². The molecule has 2 aromatic carbocycles. The number of benzene rings is 2. The van der Waals surface area contributed by atoms with Crippen LogP contribution in [0.25, 0.3) is 0 Å². The van der Waals surface area contributed by atoms with E-state index in [4.69, 9.17) is 4.74 Å². The van der Waals surface area contributed by atoms with E-state index in [1.165, 1.54) is 17.5 Å². The Hall–Kier alpha value is -1.80. The molecule has 3 rings (SSSR count). The summed E-state index contributed by atoms with van der Waals surface area (Å²) in [5, 5.41) is 3.62. The maximum atomic E-state index is 5.33. The average molecular weight is 253 g/mol. The minimum atomic E-state index is 0.387. The van der Waals surface area contributed by atoms with Crippen LogP contribution in [0.3, 0.4) is 0 Å². The molecule has 1 heterocycles. The standard InChI is InChI=1S/C17H19NO/c1-19-15-9-5-8-14(12-15)17-16(10-11-18-17)13-6-3-2-4-7-13/h2-9,12,16-18H,10-11H2,1H3/t16-,17-/m0/s1. The zero-order chi connectivity index (χ0) is 13.1. The highest BCUT2D eigenvalue weighted by molar-refractivity contribution is 5.34. The first-order chi connectivity index (χ1) is 9.38. The summed E-state index contributed by atoms with van der Waals surface area (Å²) in [6, 6.07) is 19.5. The van der Waals surface area contributed by atoms with Gasteiger partial charge < -0.3 is 10.1 Å². The lowest BCUT2D eigenvalue weighted by Gasteiger charge is -2.21. The lowest BCUT2D eigenvalue weighted by atomic mass is 9.88. The van der Waals surface area contributed by atoms with E-state index in [1.54, 1.807) is 7.11 Å². The van der Waals surface area contributed by atoms with Gasteiger partial charge in [0.2, 0.25) is 0 Å². The maximum Gasteiger partial charge on any atom is 0.119 e. The van der Waals surface area contributed by atoms with E-state index >= 15 is 0 Å². The van der Waals surface area contributed by atoms with E-state index < -0.39 is 0 Å². The van der Waals surface area contributed by atoms with Crippen LogP contribution >= 0.6 is 0 Å². The SMILES string of the molecule is COc1cccc([C@@H]2NCC[C@H]2c2ccccc2)c1. The van der Waals surface area contributed by atoms with Gasteiger partial charge in [0.25, 0.3) is 0 Å². The lowest BCUT2D eigenvalue weighted by molar-refractivity contribution is 0.413. The second-order valence-electron chi connectivity index (χ2n) is 5.01. The fraction of sp³-hybridized carbons (Fsp3) is 0.294. The third-order valence-corrected chi connectivity index (χ3v) is 3.90. The minimum absolute atomic E-state index is 0.387. The molecule has 2 aromatic rings. The van der Waals surface area contributed by atoms with Crippen molar-refractivity contribution in [3.05, 3.63) is 65.7 Å². The first-order valence-electron chi connectivity index (χ1n) is 6.81. The van der Waals surface area contributed by atoms with Crippen LogP contribution in [-0.2, 0) is 0 Å². The molecule has 0 aliphatic carbocycles. The normalized spacial score (nSPS) is 22.4. The number of ether oxygens (including phenoxy) is 1. The van der Waals surface area contributed by atoms with E-state index in [-0.39, 0.29) is 0 Å². The van der Waals surface area contributed by atoms with E-state index in [2.05, 4.69) is 53.8 Å². The van der Waals surface area contributed by atoms with Crippen LogP contribution in [-0.4, -0.2) is 13.7 Å². The Balaban J connectivity index is 1.90. The highest BCUT2D eigenvalue weighted by Crippen LogP contribution is 2.38. The predicted molar refractivity (Wildman–Crippen MR) is 77.5 cm³/mol. The van der Waals surface area contributed by atoms with Gasteiger partial charge >= 0.3 is 0 Å². The smallest absolute Gasteiger partial charge is 0.119 e. The summed E-state index contributed by atoms with van der Waals surface area (Å²) in [4.78, 5) is 0. The molecule has 1 aliphatic heterocycles. The van der Waals surface area contributed by atoms with Crippen LogP contribution in [0.4, 0.5) is 0 Å². The molecule has 19 heavy (non-hydrogen) atoms. The fourth-order valence-electron chi connectivity index (χ4n) is 2.95. The van der Waals surface area contributed by atoms with Gasteiger partial charge in [0.15, 0.2) is 0 Å². The van der Waals surface area contributed by atoms with Crippen molar-refractivity contribution in [2.75, 3.05) is 13.7 Å². The number of nitrogens with one attached hydrogen (secondary N) is 1. The number of rotatable bonds is 3. The van der Waals surface area contributed by atoms with Crippen LogP contribution in [0, 0.1) is 0 Å². The zero-order valence-electron chi connectivity index (χ0n) is 11.2. The van der Waals surface area contributed by atoms with Crippen molar-refractivity contribution in [1.29, 1.82) is 0 Å². The Kier molecular flexibility index (Phi) is 3.51. The van der Waals surface area contributed by atoms with Gasteiger partial charge in [0.05, 0.1) is 7.11 Å². The van der Waals surface area contributed by atoms with Crippen molar-refractivity contribution in [3.63, 3.8) is 0 Å². The van der Waals surface area contributed by atoms with Crippen LogP contribution < -0.4 is 10.1 Å². The van der Waals surface area contributed by atoms with Crippen molar-refractivity contribution in [3.8, 4) is 5.75 Å². The van der Waals surface area contributed by atoms with E-state index in [0.717, 1.165) is 12.3 Å². The van der Waals surface area contributed by atoms with Crippen molar-refractivity contribution >= 4 is 0 Å². The van der Waals surface area contributed by atoms with E-state index in [9.17, 15) is 0 Å². The number of methoxy groups -OCH3 is 1. The topological polar surface area (TPSA) is 21.3 Å². The second kappa shape index (κ2) is 5.45. The summed E-state index contributed by atoms with van der Waals surface area (Å²) in [5.74, 6) is 1.48. The maximum absolute atomic E-state index is 5.33. The van der Waals surface area contributed by atoms with Crippen LogP contribution in [0.5, 0.6) is 5.75 Å². The lowest BCUT2D eigenvalue weighted by Crippen LogP contribution is -2.17. The molecule has 1 fully saturated rings. The fourth-order valence-corrected chi connectivity index (χ4v) is 2.95. The molecule has 2 atom stereocenters. The summed E-state index contributed by atoms with van der Waals surface area (Å²) < 4.78 is 5.33. The molecule has 0 spiro atoms. The zero-order valence-corrected chi connectivity index (χ0v) is 11.2. The van der Waals surface area contributed by atoms with Crippen molar-refractivity contribution < 1.29 is 4.74 Å². The monoisotopic (exact) mass is 253 g/mol. The molecule has 0 amide bonds. The number of hydrogen-bond donors (Lipinski definition) is 1. The summed E-state index contributed by atoms with van der Waals surface area (Å²) >= 11 is 0. The van der Waals surface area contributed by atoms with Gasteiger partial charge in [-0.2, -0.15) is 0 Å². The van der Waals surface area contributed by atoms with Gasteiger partial charge in [0, 0.05) is 12.0 Å². The van der Waals surface area contributed by atoms with Crippen LogP contribution in [0.2, 0.25) is 0 Å². The average Bonchev–Trinajstić information content (AvgIpc) is 2.98. The summed E-state index contributed by atoms with van der Waals surface area (Å²) in [7, 11) is 1.72. The third-order valence-electron chi connectivity index (χ3n) is 3.90. The summed E-state index contributed by atoms with van der Waals surface area (Å²) in [5.41, 5.74) is 2.73. The largest absolute Gasteiger partial charge is 0.497 e. The van der Waals surface area contributed by atoms with Crippen LogP contribution in [0.1, 0.15) is 29.5 Å². The summed E-state index contributed by atoms with van der Waals surface area (Å²) in [6.45, 7) is 1.07. The van der Waals surface area contributed by atoms with Gasteiger partial charge in [-0.15, -0.1) is 0 Å². The molecule has 2 nitrogen and oxygen atoms in total. The van der Waals surface area contributed by atoms with Gasteiger partial charge in [-0.3, -0.25) is 0 Å². The van der Waals surface area contributed by atoms with Gasteiger partial charge in [-0.1, -0.05) is 42.5 Å². The Morgan fingerprint density at radius 1 is 1.00 bits per heavy atom. The highest BCUT2D eigenvalue weighted by atomic mass is 16.5. The molecule has 0 radical (unpaired) electrons. The molecule has 0 bridgehead atoms. The molecule has 1 aliphatic rings. The Morgan fingerprint density at radius 2 is 1.79 bits per heavy atom. The van der Waals surface area contributed by atoms with Crippen molar-refractivity contribution in [1.82, 2.24) is 5.32 Å². The molecular weight excluding hydrogens is 234 g/mol. The first-order valence-corrected chi connectivity index (χ1v) is 6.81. The van der Waals surface area contributed by atoms with E-state index in [1.807, 2.05) is 6.07 Å². The molecule has 98 valence electrons. The molecule has 0 unspecified atom stereocenters. The van der Waals surface area contributed by atoms with Crippen molar-refractivity contribution in [2.24, 2.45) is 0 Å². The molecule has 1 saturated heterocycles. The van der Waals surface area contributed by atoms with Gasteiger partial charge in [-0.05, 0) is 36.2 Å². The van der Waals surface area contributed by atoms with Gasteiger partial charge in [0.1, 0.15) is 5.75 Å².